The van der Waals surface area contributed by atoms with Crippen LogP contribution < -0.4 is 11.1 Å². The van der Waals surface area contributed by atoms with Gasteiger partial charge in [0.25, 0.3) is 0 Å². The number of methoxy groups -OCH3 is 1. The Balaban J connectivity index is 0.00000264. The van der Waals surface area contributed by atoms with E-state index in [2.05, 4.69) is 20.9 Å². The van der Waals surface area contributed by atoms with Crippen molar-refractivity contribution in [2.24, 2.45) is 5.73 Å². The molecule has 136 valence electrons. The highest BCUT2D eigenvalue weighted by Gasteiger charge is 2.11. The van der Waals surface area contributed by atoms with Crippen LogP contribution in [-0.2, 0) is 16.1 Å². The molecule has 3 N–H and O–H groups in total. The third-order valence-corrected chi connectivity index (χ3v) is 3.74. The monoisotopic (exact) mass is 376 g/mol. The second-order valence-electron chi connectivity index (χ2n) is 5.30. The molecule has 1 atom stereocenters. The molecule has 8 heteroatoms. The molecule has 0 spiro atoms. The highest BCUT2D eigenvalue weighted by molar-refractivity contribution is 5.85. The molecule has 0 saturated carbocycles. The number of aryl methyl sites for hydroxylation is 2. The molecule has 2 rings (SSSR count). The van der Waals surface area contributed by atoms with Gasteiger partial charge in [-0.2, -0.15) is 0 Å². The number of fused-ring (bicyclic) bond motifs is 1. The minimum Gasteiger partial charge on any atom is -0.380 e. The molecule has 1 unspecified atom stereocenters. The Bertz CT molecular complexity index is 630. The Morgan fingerprint density at radius 2 is 2.08 bits per heavy atom. The van der Waals surface area contributed by atoms with Gasteiger partial charge < -0.3 is 20.4 Å². The number of rotatable bonds is 8. The van der Waals surface area contributed by atoms with Crippen LogP contribution in [0.4, 0.5) is 0 Å². The summed E-state index contributed by atoms with van der Waals surface area (Å²) in [5.41, 5.74) is 7.65. The van der Waals surface area contributed by atoms with Gasteiger partial charge in [0.15, 0.2) is 0 Å². The predicted octanol–water partition coefficient (Wildman–Crippen LogP) is 2.06. The van der Waals surface area contributed by atoms with Gasteiger partial charge in [-0.3, -0.25) is 4.79 Å². The van der Waals surface area contributed by atoms with Crippen molar-refractivity contribution in [2.45, 2.75) is 32.4 Å². The molecule has 0 aliphatic heterocycles. The standard InChI is InChI=1S/C16H24N4O2.2ClH/c1-12-19-14-6-3-4-7-15(14)20(12)9-5-8-18-16(21)10-13(11-17)22-2;;/h3-4,6-7,13H,5,8-11,17H2,1-2H3,(H,18,21);2*1H. The molecule has 0 radical (unpaired) electrons. The second-order valence-corrected chi connectivity index (χ2v) is 5.30. The summed E-state index contributed by atoms with van der Waals surface area (Å²) in [4.78, 5) is 16.3. The summed E-state index contributed by atoms with van der Waals surface area (Å²) >= 11 is 0. The van der Waals surface area contributed by atoms with E-state index < -0.39 is 0 Å². The van der Waals surface area contributed by atoms with Gasteiger partial charge in [0.05, 0.1) is 23.6 Å². The van der Waals surface area contributed by atoms with Crippen LogP contribution in [0.25, 0.3) is 11.0 Å². The number of ether oxygens (including phenoxy) is 1. The SMILES string of the molecule is COC(CN)CC(=O)NCCCn1c(C)nc2ccccc21.Cl.Cl. The van der Waals surface area contributed by atoms with Crippen molar-refractivity contribution in [3.8, 4) is 0 Å². The topological polar surface area (TPSA) is 82.2 Å². The summed E-state index contributed by atoms with van der Waals surface area (Å²) in [6.45, 7) is 3.82. The van der Waals surface area contributed by atoms with Gasteiger partial charge in [-0.1, -0.05) is 12.1 Å². The first-order chi connectivity index (χ1) is 10.7. The molecule has 24 heavy (non-hydrogen) atoms. The lowest BCUT2D eigenvalue weighted by Crippen LogP contribution is -2.32. The van der Waals surface area contributed by atoms with E-state index in [4.69, 9.17) is 10.5 Å². The van der Waals surface area contributed by atoms with Crippen molar-refractivity contribution >= 4 is 41.8 Å². The van der Waals surface area contributed by atoms with Crippen LogP contribution in [0.3, 0.4) is 0 Å². The zero-order valence-corrected chi connectivity index (χ0v) is 15.7. The molecule has 0 saturated heterocycles. The van der Waals surface area contributed by atoms with Crippen molar-refractivity contribution in [3.05, 3.63) is 30.1 Å². The molecule has 0 fully saturated rings. The van der Waals surface area contributed by atoms with E-state index in [-0.39, 0.29) is 36.8 Å². The molecular weight excluding hydrogens is 351 g/mol. The van der Waals surface area contributed by atoms with Crippen molar-refractivity contribution in [1.82, 2.24) is 14.9 Å². The van der Waals surface area contributed by atoms with Crippen LogP contribution in [0, 0.1) is 6.92 Å². The van der Waals surface area contributed by atoms with E-state index in [1.54, 1.807) is 7.11 Å². The number of benzene rings is 1. The maximum absolute atomic E-state index is 11.7. The minimum absolute atomic E-state index is 0. The molecule has 1 aromatic heterocycles. The van der Waals surface area contributed by atoms with Crippen LogP contribution in [0.2, 0.25) is 0 Å². The Hall–Kier alpha value is -1.34. The first kappa shape index (κ1) is 22.7. The van der Waals surface area contributed by atoms with Crippen LogP contribution >= 0.6 is 24.8 Å². The summed E-state index contributed by atoms with van der Waals surface area (Å²) in [7, 11) is 1.57. The molecule has 0 aliphatic carbocycles. The second kappa shape index (κ2) is 11.3. The Kier molecular flexibility index (Phi) is 10.6. The number of nitrogens with two attached hydrogens (primary N) is 1. The maximum atomic E-state index is 11.7. The van der Waals surface area contributed by atoms with Crippen LogP contribution in [-0.4, -0.2) is 41.8 Å². The van der Waals surface area contributed by atoms with E-state index in [0.29, 0.717) is 19.5 Å². The first-order valence-electron chi connectivity index (χ1n) is 7.57. The van der Waals surface area contributed by atoms with Crippen LogP contribution in [0.15, 0.2) is 24.3 Å². The molecule has 0 aliphatic rings. The quantitative estimate of drug-likeness (QED) is 0.690. The summed E-state index contributed by atoms with van der Waals surface area (Å²) in [5, 5.41) is 2.90. The van der Waals surface area contributed by atoms with Gasteiger partial charge in [0, 0.05) is 26.7 Å². The van der Waals surface area contributed by atoms with Crippen molar-refractivity contribution in [1.29, 1.82) is 0 Å². The zero-order valence-electron chi connectivity index (χ0n) is 14.0. The molecule has 1 heterocycles. The Morgan fingerprint density at radius 1 is 1.38 bits per heavy atom. The lowest BCUT2D eigenvalue weighted by molar-refractivity contribution is -0.123. The van der Waals surface area contributed by atoms with Gasteiger partial charge in [-0.15, -0.1) is 24.8 Å². The Labute approximate surface area is 155 Å². The number of carbonyl (C=O) groups is 1. The molecular formula is C16H26Cl2N4O2. The predicted molar refractivity (Wildman–Crippen MR) is 101 cm³/mol. The van der Waals surface area contributed by atoms with E-state index in [1.807, 2.05) is 25.1 Å². The number of para-hydroxylation sites is 2. The van der Waals surface area contributed by atoms with Gasteiger partial charge in [0.2, 0.25) is 5.91 Å². The highest BCUT2D eigenvalue weighted by Crippen LogP contribution is 2.15. The zero-order chi connectivity index (χ0) is 15.9. The fourth-order valence-corrected chi connectivity index (χ4v) is 2.49. The van der Waals surface area contributed by atoms with Crippen molar-refractivity contribution in [2.75, 3.05) is 20.2 Å². The van der Waals surface area contributed by atoms with Gasteiger partial charge >= 0.3 is 0 Å². The van der Waals surface area contributed by atoms with E-state index >= 15 is 0 Å². The molecule has 1 aromatic carbocycles. The van der Waals surface area contributed by atoms with E-state index in [0.717, 1.165) is 29.8 Å². The number of nitrogens with zero attached hydrogens (tertiary/aromatic N) is 2. The number of halogens is 2. The van der Waals surface area contributed by atoms with Crippen molar-refractivity contribution < 1.29 is 9.53 Å². The van der Waals surface area contributed by atoms with Crippen molar-refractivity contribution in [3.63, 3.8) is 0 Å². The first-order valence-corrected chi connectivity index (χ1v) is 7.57. The van der Waals surface area contributed by atoms with Gasteiger partial charge in [0.1, 0.15) is 5.82 Å². The largest absolute Gasteiger partial charge is 0.380 e. The minimum atomic E-state index is -0.208. The lowest BCUT2D eigenvalue weighted by atomic mass is 10.2. The maximum Gasteiger partial charge on any atom is 0.222 e. The smallest absolute Gasteiger partial charge is 0.222 e. The summed E-state index contributed by atoms with van der Waals surface area (Å²) < 4.78 is 7.28. The molecule has 6 nitrogen and oxygen atoms in total. The highest BCUT2D eigenvalue weighted by atomic mass is 35.5. The number of amides is 1. The fraction of sp³-hybridized carbons (Fsp3) is 0.500. The molecule has 2 aromatic rings. The van der Waals surface area contributed by atoms with Crippen LogP contribution in [0.5, 0.6) is 0 Å². The number of nitrogens with one attached hydrogen (secondary N) is 1. The van der Waals surface area contributed by atoms with Gasteiger partial charge in [-0.25, -0.2) is 4.98 Å². The average Bonchev–Trinajstić information content (AvgIpc) is 2.84. The number of imidazole rings is 1. The third kappa shape index (κ3) is 5.94. The number of hydrogen-bond acceptors (Lipinski definition) is 4. The van der Waals surface area contributed by atoms with E-state index in [1.165, 1.54) is 0 Å². The average molecular weight is 377 g/mol. The summed E-state index contributed by atoms with van der Waals surface area (Å²) in [6.07, 6.45) is 0.951. The number of aromatic nitrogens is 2. The molecule has 0 bridgehead atoms. The molecule has 1 amide bonds. The number of carbonyl (C=O) groups excluding carboxylic acids is 1. The third-order valence-electron chi connectivity index (χ3n) is 3.74. The lowest BCUT2D eigenvalue weighted by Gasteiger charge is -2.13. The van der Waals surface area contributed by atoms with E-state index in [9.17, 15) is 4.79 Å². The fourth-order valence-electron chi connectivity index (χ4n) is 2.49. The van der Waals surface area contributed by atoms with Crippen LogP contribution in [0.1, 0.15) is 18.7 Å². The normalized spacial score (nSPS) is 11.5. The van der Waals surface area contributed by atoms with Gasteiger partial charge in [-0.05, 0) is 25.5 Å². The summed E-state index contributed by atoms with van der Waals surface area (Å²) in [6, 6.07) is 8.08. The number of hydrogen-bond donors (Lipinski definition) is 2. The Morgan fingerprint density at radius 3 is 2.75 bits per heavy atom. The summed E-state index contributed by atoms with van der Waals surface area (Å²) in [5.74, 6) is 0.972.